The zero-order chi connectivity index (χ0) is 23.4. The molecule has 0 spiro atoms. The van der Waals surface area contributed by atoms with Crippen molar-refractivity contribution in [3.8, 4) is 0 Å². The van der Waals surface area contributed by atoms with Gasteiger partial charge in [-0.15, -0.1) is 0 Å². The Labute approximate surface area is 194 Å². The van der Waals surface area contributed by atoms with E-state index in [4.69, 9.17) is 16.3 Å². The number of amides is 2. The van der Waals surface area contributed by atoms with E-state index in [0.717, 1.165) is 4.90 Å². The number of carbonyl (C=O) groups excluding carboxylic acids is 2. The number of carbonyl (C=O) groups is 2. The van der Waals surface area contributed by atoms with Crippen molar-refractivity contribution in [3.05, 3.63) is 105 Å². The minimum absolute atomic E-state index is 0.0100. The van der Waals surface area contributed by atoms with Gasteiger partial charge in [-0.05, 0) is 40.8 Å². The molecule has 4 rings (SSSR count). The summed E-state index contributed by atoms with van der Waals surface area (Å²) in [6.45, 7) is -0.0100. The number of halogens is 2. The number of imide groups is 1. The second-order valence-corrected chi connectivity index (χ2v) is 8.24. The standard InChI is InChI=1S/C24H20ClFN4O3/c25-18-11-9-16(10-12-18)21(17-7-4-8-19(26)13-17)22(28-29-27)23(31)30-20(14-33-24(30)32)15-5-2-1-3-6-15/h1-12,17,20-22H,13-14H2/t17?,20-,21+,22?/m1/s1. The van der Waals surface area contributed by atoms with Crippen LogP contribution in [0.4, 0.5) is 9.18 Å². The minimum atomic E-state index is -1.31. The Morgan fingerprint density at radius 1 is 1.21 bits per heavy atom. The molecule has 168 valence electrons. The van der Waals surface area contributed by atoms with E-state index >= 15 is 0 Å². The van der Waals surface area contributed by atoms with E-state index in [-0.39, 0.29) is 18.9 Å². The second kappa shape index (κ2) is 9.90. The van der Waals surface area contributed by atoms with Crippen LogP contribution < -0.4 is 0 Å². The smallest absolute Gasteiger partial charge is 0.417 e. The Balaban J connectivity index is 1.76. The van der Waals surface area contributed by atoms with Gasteiger partial charge in [0.05, 0.1) is 0 Å². The van der Waals surface area contributed by atoms with Crippen molar-refractivity contribution < 1.29 is 18.7 Å². The zero-order valence-corrected chi connectivity index (χ0v) is 18.2. The Bertz CT molecular complexity index is 1150. The fourth-order valence-corrected chi connectivity index (χ4v) is 4.44. The first-order valence-corrected chi connectivity index (χ1v) is 10.7. The molecular weight excluding hydrogens is 447 g/mol. The third-order valence-electron chi connectivity index (χ3n) is 5.85. The van der Waals surface area contributed by atoms with Crippen molar-refractivity contribution in [1.82, 2.24) is 4.90 Å². The van der Waals surface area contributed by atoms with Crippen LogP contribution in [-0.4, -0.2) is 29.5 Å². The SMILES string of the molecule is [N-]=[N+]=NC(C(=O)N1C(=O)OC[C@@H]1c1ccccc1)[C@@H](c1ccc(Cl)cc1)C1C=CC=C(F)C1. The van der Waals surface area contributed by atoms with Gasteiger partial charge in [0.1, 0.15) is 24.5 Å². The van der Waals surface area contributed by atoms with Gasteiger partial charge in [-0.25, -0.2) is 14.1 Å². The van der Waals surface area contributed by atoms with Gasteiger partial charge in [0.2, 0.25) is 5.91 Å². The van der Waals surface area contributed by atoms with Crippen LogP contribution in [0.2, 0.25) is 5.02 Å². The molecule has 2 unspecified atom stereocenters. The predicted molar refractivity (Wildman–Crippen MR) is 121 cm³/mol. The molecule has 2 aromatic carbocycles. The minimum Gasteiger partial charge on any atom is -0.446 e. The molecule has 1 fully saturated rings. The van der Waals surface area contributed by atoms with Gasteiger partial charge in [-0.1, -0.05) is 71.3 Å². The first-order chi connectivity index (χ1) is 16.0. The van der Waals surface area contributed by atoms with Crippen molar-refractivity contribution in [1.29, 1.82) is 0 Å². The zero-order valence-electron chi connectivity index (χ0n) is 17.4. The molecule has 9 heteroatoms. The molecule has 0 N–H and O–H groups in total. The summed E-state index contributed by atoms with van der Waals surface area (Å²) in [7, 11) is 0. The van der Waals surface area contributed by atoms with Crippen molar-refractivity contribution in [2.45, 2.75) is 24.4 Å². The van der Waals surface area contributed by atoms with E-state index in [1.165, 1.54) is 6.08 Å². The Kier molecular flexibility index (Phi) is 6.77. The molecule has 2 amide bonds. The molecule has 1 aliphatic carbocycles. The predicted octanol–water partition coefficient (Wildman–Crippen LogP) is 6.25. The summed E-state index contributed by atoms with van der Waals surface area (Å²) in [6.07, 6.45) is 3.91. The molecular formula is C24H20ClFN4O3. The van der Waals surface area contributed by atoms with Crippen LogP contribution in [0.3, 0.4) is 0 Å². The molecule has 2 aromatic rings. The highest BCUT2D eigenvalue weighted by atomic mass is 35.5. The van der Waals surface area contributed by atoms with Crippen LogP contribution in [0, 0.1) is 5.92 Å². The largest absolute Gasteiger partial charge is 0.446 e. The number of ether oxygens (including phenoxy) is 1. The first-order valence-electron chi connectivity index (χ1n) is 10.4. The van der Waals surface area contributed by atoms with Gasteiger partial charge in [0.15, 0.2) is 0 Å². The maximum Gasteiger partial charge on any atom is 0.417 e. The summed E-state index contributed by atoms with van der Waals surface area (Å²) in [5.41, 5.74) is 10.7. The number of cyclic esters (lactones) is 1. The van der Waals surface area contributed by atoms with Crippen molar-refractivity contribution in [3.63, 3.8) is 0 Å². The molecule has 7 nitrogen and oxygen atoms in total. The van der Waals surface area contributed by atoms with E-state index in [1.807, 2.05) is 6.07 Å². The maximum absolute atomic E-state index is 14.2. The monoisotopic (exact) mass is 466 g/mol. The molecule has 0 bridgehead atoms. The fraction of sp³-hybridized carbons (Fsp3) is 0.250. The lowest BCUT2D eigenvalue weighted by Gasteiger charge is -2.32. The summed E-state index contributed by atoms with van der Waals surface area (Å²) < 4.78 is 19.4. The Morgan fingerprint density at radius 3 is 2.61 bits per heavy atom. The van der Waals surface area contributed by atoms with Gasteiger partial charge in [-0.3, -0.25) is 4.79 Å². The van der Waals surface area contributed by atoms with Crippen LogP contribution in [0.15, 0.2) is 83.8 Å². The average Bonchev–Trinajstić information content (AvgIpc) is 3.21. The van der Waals surface area contributed by atoms with E-state index in [1.54, 1.807) is 60.7 Å². The number of rotatable bonds is 6. The molecule has 0 radical (unpaired) electrons. The normalized spacial score (nSPS) is 21.6. The molecule has 1 aliphatic heterocycles. The maximum atomic E-state index is 14.2. The first kappa shape index (κ1) is 22.6. The summed E-state index contributed by atoms with van der Waals surface area (Å²) in [5.74, 6) is -2.26. The summed E-state index contributed by atoms with van der Waals surface area (Å²) in [5, 5.41) is 4.29. The molecule has 0 saturated carbocycles. The van der Waals surface area contributed by atoms with Crippen LogP contribution >= 0.6 is 11.6 Å². The molecule has 1 heterocycles. The van der Waals surface area contributed by atoms with E-state index in [2.05, 4.69) is 10.0 Å². The molecule has 0 aromatic heterocycles. The third-order valence-corrected chi connectivity index (χ3v) is 6.10. The van der Waals surface area contributed by atoms with Crippen molar-refractivity contribution in [2.75, 3.05) is 6.61 Å². The average molecular weight is 467 g/mol. The molecule has 1 saturated heterocycles. The van der Waals surface area contributed by atoms with Gasteiger partial charge in [-0.2, -0.15) is 0 Å². The Hall–Kier alpha value is -3.61. The number of allylic oxidation sites excluding steroid dienone is 4. The number of benzene rings is 2. The third kappa shape index (κ3) is 4.77. The lowest BCUT2D eigenvalue weighted by molar-refractivity contribution is -0.131. The van der Waals surface area contributed by atoms with Crippen molar-refractivity contribution >= 4 is 23.6 Å². The van der Waals surface area contributed by atoms with Crippen LogP contribution in [-0.2, 0) is 9.53 Å². The molecule has 33 heavy (non-hydrogen) atoms. The van der Waals surface area contributed by atoms with E-state index in [9.17, 15) is 19.5 Å². The highest BCUT2D eigenvalue weighted by molar-refractivity contribution is 6.30. The lowest BCUT2D eigenvalue weighted by Crippen LogP contribution is -2.44. The van der Waals surface area contributed by atoms with E-state index in [0.29, 0.717) is 16.1 Å². The summed E-state index contributed by atoms with van der Waals surface area (Å²) in [6, 6.07) is 13.7. The van der Waals surface area contributed by atoms with Gasteiger partial charge in [0, 0.05) is 22.3 Å². The summed E-state index contributed by atoms with van der Waals surface area (Å²) >= 11 is 6.04. The number of hydrogen-bond acceptors (Lipinski definition) is 4. The fourth-order valence-electron chi connectivity index (χ4n) is 4.32. The number of nitrogens with zero attached hydrogens (tertiary/aromatic N) is 4. The topological polar surface area (TPSA) is 95.4 Å². The highest BCUT2D eigenvalue weighted by Crippen LogP contribution is 2.40. The molecule has 4 atom stereocenters. The van der Waals surface area contributed by atoms with Crippen LogP contribution in [0.1, 0.15) is 29.5 Å². The van der Waals surface area contributed by atoms with Gasteiger partial charge >= 0.3 is 6.09 Å². The molecule has 2 aliphatic rings. The van der Waals surface area contributed by atoms with Crippen LogP contribution in [0.25, 0.3) is 10.4 Å². The summed E-state index contributed by atoms with van der Waals surface area (Å²) in [4.78, 5) is 30.2. The lowest BCUT2D eigenvalue weighted by atomic mass is 9.77. The van der Waals surface area contributed by atoms with Gasteiger partial charge < -0.3 is 4.74 Å². The quantitative estimate of drug-likeness (QED) is 0.286. The van der Waals surface area contributed by atoms with Crippen LogP contribution in [0.5, 0.6) is 0 Å². The van der Waals surface area contributed by atoms with Gasteiger partial charge in [0.25, 0.3) is 0 Å². The van der Waals surface area contributed by atoms with E-state index < -0.39 is 35.9 Å². The highest BCUT2D eigenvalue weighted by Gasteiger charge is 2.45. The van der Waals surface area contributed by atoms with Crippen molar-refractivity contribution in [2.24, 2.45) is 11.0 Å². The number of hydrogen-bond donors (Lipinski definition) is 0. The number of azide groups is 1. The Morgan fingerprint density at radius 2 is 1.94 bits per heavy atom. The second-order valence-electron chi connectivity index (χ2n) is 7.81.